The molecule has 0 bridgehead atoms. The van der Waals surface area contributed by atoms with Crippen molar-refractivity contribution in [2.75, 3.05) is 23.7 Å². The lowest BCUT2D eigenvalue weighted by molar-refractivity contribution is 0.0693. The predicted molar refractivity (Wildman–Crippen MR) is 65.7 cm³/mol. The number of anilines is 1. The van der Waals surface area contributed by atoms with E-state index in [0.717, 1.165) is 0 Å². The standard InChI is InChI=1S/C11H13NO5S/c1-17-10-4-3-8(7-9(10)11(13)14)12-5-2-6-18(12,15)16/h3-4,7H,2,5-6H2,1H3,(H,13,14). The molecular weight excluding hydrogens is 258 g/mol. The van der Waals surface area contributed by atoms with Gasteiger partial charge < -0.3 is 9.84 Å². The average molecular weight is 271 g/mol. The van der Waals surface area contributed by atoms with Gasteiger partial charge in [0.1, 0.15) is 11.3 Å². The number of hydrogen-bond acceptors (Lipinski definition) is 4. The highest BCUT2D eigenvalue weighted by Crippen LogP contribution is 2.29. The van der Waals surface area contributed by atoms with Crippen LogP contribution in [-0.2, 0) is 10.0 Å². The van der Waals surface area contributed by atoms with Crippen LogP contribution >= 0.6 is 0 Å². The molecule has 1 N–H and O–H groups in total. The fourth-order valence-corrected chi connectivity index (χ4v) is 3.50. The van der Waals surface area contributed by atoms with Gasteiger partial charge in [-0.25, -0.2) is 13.2 Å². The molecule has 0 radical (unpaired) electrons. The Hall–Kier alpha value is -1.76. The first kappa shape index (κ1) is 12.7. The van der Waals surface area contributed by atoms with Crippen LogP contribution in [0.15, 0.2) is 18.2 Å². The number of hydrogen-bond donors (Lipinski definition) is 1. The molecule has 1 aromatic carbocycles. The highest BCUT2D eigenvalue weighted by Gasteiger charge is 2.29. The van der Waals surface area contributed by atoms with Gasteiger partial charge in [-0.1, -0.05) is 0 Å². The zero-order valence-electron chi connectivity index (χ0n) is 9.79. The number of carboxylic acid groups (broad SMARTS) is 1. The first-order valence-electron chi connectivity index (χ1n) is 5.37. The largest absolute Gasteiger partial charge is 0.496 e. The van der Waals surface area contributed by atoms with E-state index in [9.17, 15) is 13.2 Å². The molecule has 0 amide bonds. The highest BCUT2D eigenvalue weighted by atomic mass is 32.2. The van der Waals surface area contributed by atoms with E-state index in [1.54, 1.807) is 6.07 Å². The Kier molecular flexibility index (Phi) is 3.16. The van der Waals surface area contributed by atoms with Crippen LogP contribution in [-0.4, -0.2) is 38.9 Å². The first-order valence-corrected chi connectivity index (χ1v) is 6.98. The van der Waals surface area contributed by atoms with E-state index in [-0.39, 0.29) is 17.1 Å². The van der Waals surface area contributed by atoms with E-state index in [0.29, 0.717) is 18.7 Å². The van der Waals surface area contributed by atoms with Crippen LogP contribution in [0.4, 0.5) is 5.69 Å². The molecule has 1 aliphatic heterocycles. The van der Waals surface area contributed by atoms with Crippen molar-refractivity contribution in [3.8, 4) is 5.75 Å². The van der Waals surface area contributed by atoms with Crippen molar-refractivity contribution in [2.24, 2.45) is 0 Å². The summed E-state index contributed by atoms with van der Waals surface area (Å²) in [5.41, 5.74) is 0.322. The van der Waals surface area contributed by atoms with E-state index in [1.807, 2.05) is 0 Å². The normalized spacial score (nSPS) is 17.7. The minimum atomic E-state index is -3.30. The van der Waals surface area contributed by atoms with Crippen molar-refractivity contribution in [1.82, 2.24) is 0 Å². The van der Waals surface area contributed by atoms with Crippen LogP contribution in [0.25, 0.3) is 0 Å². The SMILES string of the molecule is COc1ccc(N2CCCS2(=O)=O)cc1C(=O)O. The maximum Gasteiger partial charge on any atom is 0.339 e. The van der Waals surface area contributed by atoms with Gasteiger partial charge in [0.15, 0.2) is 0 Å². The van der Waals surface area contributed by atoms with Crippen LogP contribution in [0.3, 0.4) is 0 Å². The smallest absolute Gasteiger partial charge is 0.339 e. The molecule has 0 aliphatic carbocycles. The molecule has 1 aliphatic rings. The topological polar surface area (TPSA) is 83.9 Å². The van der Waals surface area contributed by atoms with Crippen molar-refractivity contribution in [3.63, 3.8) is 0 Å². The Morgan fingerprint density at radius 2 is 2.17 bits per heavy atom. The minimum absolute atomic E-state index is 0.0444. The van der Waals surface area contributed by atoms with E-state index in [2.05, 4.69) is 0 Å². The van der Waals surface area contributed by atoms with Crippen LogP contribution < -0.4 is 9.04 Å². The number of methoxy groups -OCH3 is 1. The third-order valence-corrected chi connectivity index (χ3v) is 4.67. The fraction of sp³-hybridized carbons (Fsp3) is 0.364. The number of ether oxygens (including phenoxy) is 1. The van der Waals surface area contributed by atoms with Gasteiger partial charge in [-0.2, -0.15) is 0 Å². The van der Waals surface area contributed by atoms with Gasteiger partial charge in [-0.05, 0) is 24.6 Å². The number of carbonyl (C=O) groups is 1. The Labute approximate surface area is 105 Å². The van der Waals surface area contributed by atoms with E-state index in [1.165, 1.54) is 23.5 Å². The summed E-state index contributed by atoms with van der Waals surface area (Å²) in [5, 5.41) is 9.05. The van der Waals surface area contributed by atoms with Crippen LogP contribution in [0.2, 0.25) is 0 Å². The maximum absolute atomic E-state index is 11.7. The van der Waals surface area contributed by atoms with Crippen molar-refractivity contribution in [2.45, 2.75) is 6.42 Å². The second-order valence-corrected chi connectivity index (χ2v) is 5.94. The lowest BCUT2D eigenvalue weighted by Crippen LogP contribution is -2.25. The maximum atomic E-state index is 11.7. The molecule has 0 saturated carbocycles. The van der Waals surface area contributed by atoms with Crippen molar-refractivity contribution in [1.29, 1.82) is 0 Å². The molecular formula is C11H13NO5S. The number of nitrogens with zero attached hydrogens (tertiary/aromatic N) is 1. The highest BCUT2D eigenvalue weighted by molar-refractivity contribution is 7.93. The number of rotatable bonds is 3. The Balaban J connectivity index is 2.47. The summed E-state index contributed by atoms with van der Waals surface area (Å²) in [4.78, 5) is 11.1. The predicted octanol–water partition coefficient (Wildman–Crippen LogP) is 0.933. The molecule has 0 spiro atoms. The quantitative estimate of drug-likeness (QED) is 0.884. The molecule has 1 fully saturated rings. The van der Waals surface area contributed by atoms with Crippen molar-refractivity contribution >= 4 is 21.7 Å². The molecule has 0 atom stereocenters. The number of aromatic carboxylic acids is 1. The van der Waals surface area contributed by atoms with Gasteiger partial charge in [0.25, 0.3) is 0 Å². The molecule has 7 heteroatoms. The molecule has 2 rings (SSSR count). The monoisotopic (exact) mass is 271 g/mol. The summed E-state index contributed by atoms with van der Waals surface area (Å²) in [6.07, 6.45) is 0.552. The average Bonchev–Trinajstić information content (AvgIpc) is 2.68. The molecule has 0 aromatic heterocycles. The van der Waals surface area contributed by atoms with Crippen LogP contribution in [0, 0.1) is 0 Å². The van der Waals surface area contributed by atoms with E-state index in [4.69, 9.17) is 9.84 Å². The second kappa shape index (κ2) is 4.49. The van der Waals surface area contributed by atoms with Crippen LogP contribution in [0.1, 0.15) is 16.8 Å². The number of benzene rings is 1. The zero-order valence-corrected chi connectivity index (χ0v) is 10.6. The van der Waals surface area contributed by atoms with Crippen molar-refractivity contribution < 1.29 is 23.1 Å². The second-order valence-electron chi connectivity index (χ2n) is 3.93. The fourth-order valence-electron chi connectivity index (χ4n) is 1.95. The molecule has 18 heavy (non-hydrogen) atoms. The Morgan fingerprint density at radius 3 is 2.67 bits per heavy atom. The summed E-state index contributed by atoms with van der Waals surface area (Å²) >= 11 is 0. The van der Waals surface area contributed by atoms with E-state index < -0.39 is 16.0 Å². The molecule has 0 unspecified atom stereocenters. The first-order chi connectivity index (χ1) is 8.45. The lowest BCUT2D eigenvalue weighted by atomic mass is 10.1. The number of sulfonamides is 1. The van der Waals surface area contributed by atoms with Gasteiger partial charge in [-0.15, -0.1) is 0 Å². The summed E-state index contributed by atoms with van der Waals surface area (Å²) in [6.45, 7) is 0.383. The van der Waals surface area contributed by atoms with Gasteiger partial charge >= 0.3 is 5.97 Å². The molecule has 1 heterocycles. The summed E-state index contributed by atoms with van der Waals surface area (Å²) in [6, 6.07) is 4.34. The number of carboxylic acids is 1. The van der Waals surface area contributed by atoms with Crippen LogP contribution in [0.5, 0.6) is 5.75 Å². The molecule has 1 aromatic rings. The minimum Gasteiger partial charge on any atom is -0.496 e. The summed E-state index contributed by atoms with van der Waals surface area (Å²) in [5.74, 6) is -0.838. The Morgan fingerprint density at radius 1 is 1.44 bits per heavy atom. The Bertz CT molecular complexity index is 581. The molecule has 6 nitrogen and oxygen atoms in total. The lowest BCUT2D eigenvalue weighted by Gasteiger charge is -2.18. The third-order valence-electron chi connectivity index (χ3n) is 2.80. The van der Waals surface area contributed by atoms with Gasteiger partial charge in [0.05, 0.1) is 18.6 Å². The van der Waals surface area contributed by atoms with Gasteiger partial charge in [-0.3, -0.25) is 4.31 Å². The summed E-state index contributed by atoms with van der Waals surface area (Å²) in [7, 11) is -1.93. The van der Waals surface area contributed by atoms with Crippen molar-refractivity contribution in [3.05, 3.63) is 23.8 Å². The molecule has 98 valence electrons. The summed E-state index contributed by atoms with van der Waals surface area (Å²) < 4.78 is 29.7. The molecule has 1 saturated heterocycles. The van der Waals surface area contributed by atoms with E-state index >= 15 is 0 Å². The van der Waals surface area contributed by atoms with Gasteiger partial charge in [0.2, 0.25) is 10.0 Å². The van der Waals surface area contributed by atoms with Gasteiger partial charge in [0, 0.05) is 6.54 Å². The third kappa shape index (κ3) is 2.13. The zero-order chi connectivity index (χ0) is 13.3.